The van der Waals surface area contributed by atoms with E-state index < -0.39 is 30.0 Å². The van der Waals surface area contributed by atoms with Crippen LogP contribution in [0, 0.1) is 46.3 Å². The predicted octanol–water partition coefficient (Wildman–Crippen LogP) is 3.50. The predicted molar refractivity (Wildman–Crippen MR) is 125 cm³/mol. The molecule has 0 spiro atoms. The van der Waals surface area contributed by atoms with E-state index in [2.05, 4.69) is 20.8 Å². The van der Waals surface area contributed by atoms with Gasteiger partial charge in [-0.3, -0.25) is 0 Å². The van der Waals surface area contributed by atoms with Crippen molar-refractivity contribution in [1.29, 1.82) is 0 Å². The van der Waals surface area contributed by atoms with Gasteiger partial charge in [-0.25, -0.2) is 0 Å². The first-order valence-electron chi connectivity index (χ1n) is 13.2. The topological polar surface area (TPSA) is 101 Å². The highest BCUT2D eigenvalue weighted by molar-refractivity contribution is 5.12. The normalized spacial score (nSPS) is 50.8. The van der Waals surface area contributed by atoms with Gasteiger partial charge in [0, 0.05) is 0 Å². The Morgan fingerprint density at radius 2 is 1.53 bits per heavy atom. The smallest absolute Gasteiger partial charge is 0.0804 e. The molecule has 5 heteroatoms. The number of rotatable bonds is 5. The summed E-state index contributed by atoms with van der Waals surface area (Å²) in [5.74, 6) is 2.24. The highest BCUT2D eigenvalue weighted by Gasteiger charge is 2.63. The van der Waals surface area contributed by atoms with Gasteiger partial charge in [0.1, 0.15) is 0 Å². The van der Waals surface area contributed by atoms with Crippen molar-refractivity contribution < 1.29 is 25.5 Å². The van der Waals surface area contributed by atoms with Gasteiger partial charge >= 0.3 is 0 Å². The molecule has 12 atom stereocenters. The molecule has 4 saturated carbocycles. The van der Waals surface area contributed by atoms with Gasteiger partial charge in [-0.15, -0.1) is 0 Å². The van der Waals surface area contributed by atoms with Crippen LogP contribution in [0.5, 0.6) is 0 Å². The minimum Gasteiger partial charge on any atom is -0.393 e. The molecule has 0 radical (unpaired) electrons. The van der Waals surface area contributed by atoms with Crippen molar-refractivity contribution in [3.63, 3.8) is 0 Å². The number of fused-ring (bicyclic) bond motifs is 5. The van der Waals surface area contributed by atoms with Crippen molar-refractivity contribution in [2.75, 3.05) is 0 Å². The molecule has 0 heterocycles. The van der Waals surface area contributed by atoms with Crippen LogP contribution in [0.25, 0.3) is 0 Å². The van der Waals surface area contributed by atoms with E-state index in [-0.39, 0.29) is 22.7 Å². The second-order valence-electron chi connectivity index (χ2n) is 13.4. The zero-order chi connectivity index (χ0) is 23.6. The molecule has 0 saturated heterocycles. The Morgan fingerprint density at radius 3 is 2.19 bits per heavy atom. The maximum Gasteiger partial charge on any atom is 0.0804 e. The monoisotopic (exact) mass is 452 g/mol. The van der Waals surface area contributed by atoms with Gasteiger partial charge in [-0.2, -0.15) is 0 Å². The van der Waals surface area contributed by atoms with Crippen LogP contribution >= 0.6 is 0 Å². The lowest BCUT2D eigenvalue weighted by Gasteiger charge is -2.63. The van der Waals surface area contributed by atoms with Crippen molar-refractivity contribution in [3.8, 4) is 0 Å². The number of hydrogen-bond acceptors (Lipinski definition) is 5. The Bertz CT molecular complexity index is 675. The number of aliphatic hydroxyl groups is 5. The third kappa shape index (κ3) is 4.08. The second kappa shape index (κ2) is 8.48. The Kier molecular flexibility index (Phi) is 6.60. The van der Waals surface area contributed by atoms with Crippen molar-refractivity contribution in [2.24, 2.45) is 46.3 Å². The lowest BCUT2D eigenvalue weighted by molar-refractivity contribution is -0.196. The number of aliphatic hydroxyl groups excluding tert-OH is 4. The van der Waals surface area contributed by atoms with Gasteiger partial charge in [0.2, 0.25) is 0 Å². The molecule has 4 aliphatic rings. The van der Waals surface area contributed by atoms with Gasteiger partial charge in [0.25, 0.3) is 0 Å². The van der Waals surface area contributed by atoms with Crippen LogP contribution < -0.4 is 0 Å². The molecule has 0 aromatic heterocycles. The molecule has 0 aliphatic heterocycles. The van der Waals surface area contributed by atoms with Crippen LogP contribution in [0.15, 0.2) is 0 Å². The van der Waals surface area contributed by atoms with E-state index in [1.54, 1.807) is 0 Å². The summed E-state index contributed by atoms with van der Waals surface area (Å²) in [5.41, 5.74) is -0.687. The molecule has 186 valence electrons. The van der Waals surface area contributed by atoms with E-state index in [9.17, 15) is 25.5 Å². The molecular formula is C27H48O5. The van der Waals surface area contributed by atoms with Crippen molar-refractivity contribution in [3.05, 3.63) is 0 Å². The third-order valence-corrected chi connectivity index (χ3v) is 11.1. The molecule has 0 aromatic rings. The average Bonchev–Trinajstić information content (AvgIpc) is 3.04. The molecule has 0 bridgehead atoms. The first-order valence-corrected chi connectivity index (χ1v) is 13.2. The Balaban J connectivity index is 1.52. The molecular weight excluding hydrogens is 404 g/mol. The molecule has 32 heavy (non-hydrogen) atoms. The van der Waals surface area contributed by atoms with E-state index >= 15 is 0 Å². The molecule has 5 N–H and O–H groups in total. The Morgan fingerprint density at radius 1 is 0.875 bits per heavy atom. The van der Waals surface area contributed by atoms with Crippen molar-refractivity contribution in [1.82, 2.24) is 0 Å². The molecule has 0 amide bonds. The van der Waals surface area contributed by atoms with Crippen molar-refractivity contribution >= 4 is 0 Å². The van der Waals surface area contributed by atoms with Crippen molar-refractivity contribution in [2.45, 2.75) is 122 Å². The van der Waals surface area contributed by atoms with Crippen LogP contribution in [0.4, 0.5) is 0 Å². The maximum absolute atomic E-state index is 11.2. The summed E-state index contributed by atoms with van der Waals surface area (Å²) in [6, 6.07) is 0. The lowest BCUT2D eigenvalue weighted by Crippen LogP contribution is -2.60. The molecule has 0 aromatic carbocycles. The van der Waals surface area contributed by atoms with Gasteiger partial charge in [0.15, 0.2) is 0 Å². The Labute approximate surface area is 194 Å². The Hall–Kier alpha value is -0.200. The standard InChI is InChI=1S/C27H48O5/c1-15(21(28)9-10-25(2,3)32)17-6-7-18-16-12-22(29)20-13-23(30)24(31)14-27(20,5)19(16)8-11-26(17,18)4/h15-24,28-32H,6-14H2,1-5H3/t15-,16-,17+,18-,19-,20-,21?,22-,23+,24-,26+,27+/m0/s1. The minimum absolute atomic E-state index is 0.0753. The molecule has 1 unspecified atom stereocenters. The highest BCUT2D eigenvalue weighted by atomic mass is 16.3. The average molecular weight is 453 g/mol. The van der Waals surface area contributed by atoms with E-state index in [0.29, 0.717) is 49.4 Å². The summed E-state index contributed by atoms with van der Waals surface area (Å²) in [6.45, 7) is 10.5. The van der Waals surface area contributed by atoms with Crippen LogP contribution in [-0.4, -0.2) is 55.5 Å². The van der Waals surface area contributed by atoms with Crippen LogP contribution in [0.2, 0.25) is 0 Å². The van der Waals surface area contributed by atoms with Gasteiger partial charge < -0.3 is 25.5 Å². The fraction of sp³-hybridized carbons (Fsp3) is 1.00. The molecule has 4 aliphatic carbocycles. The highest BCUT2D eigenvalue weighted by Crippen LogP contribution is 2.68. The minimum atomic E-state index is -0.747. The molecule has 5 nitrogen and oxygen atoms in total. The van der Waals surface area contributed by atoms with Gasteiger partial charge in [0.05, 0.1) is 30.0 Å². The van der Waals surface area contributed by atoms with Crippen LogP contribution in [0.3, 0.4) is 0 Å². The van der Waals surface area contributed by atoms with Gasteiger partial charge in [-0.1, -0.05) is 20.8 Å². The molecule has 4 rings (SSSR count). The van der Waals surface area contributed by atoms with E-state index in [1.807, 2.05) is 13.8 Å². The largest absolute Gasteiger partial charge is 0.393 e. The zero-order valence-electron chi connectivity index (χ0n) is 20.9. The summed E-state index contributed by atoms with van der Waals surface area (Å²) in [6.07, 6.45) is 5.51. The molecule has 4 fully saturated rings. The third-order valence-electron chi connectivity index (χ3n) is 11.1. The van der Waals surface area contributed by atoms with Crippen LogP contribution in [-0.2, 0) is 0 Å². The van der Waals surface area contributed by atoms with E-state index in [0.717, 1.165) is 32.1 Å². The first kappa shape index (κ1) is 24.9. The summed E-state index contributed by atoms with van der Waals surface area (Å²) in [5, 5.41) is 53.0. The quantitative estimate of drug-likeness (QED) is 0.440. The fourth-order valence-corrected chi connectivity index (χ4v) is 9.26. The fourth-order valence-electron chi connectivity index (χ4n) is 9.26. The van der Waals surface area contributed by atoms with E-state index in [4.69, 9.17) is 0 Å². The maximum atomic E-state index is 11.2. The summed E-state index contributed by atoms with van der Waals surface area (Å²) in [4.78, 5) is 0. The second-order valence-corrected chi connectivity index (χ2v) is 13.4. The summed E-state index contributed by atoms with van der Waals surface area (Å²) in [7, 11) is 0. The lowest BCUT2D eigenvalue weighted by atomic mass is 9.43. The summed E-state index contributed by atoms with van der Waals surface area (Å²) < 4.78 is 0. The summed E-state index contributed by atoms with van der Waals surface area (Å²) >= 11 is 0. The van der Waals surface area contributed by atoms with E-state index in [1.165, 1.54) is 0 Å². The SMILES string of the molecule is C[C@H](C(O)CCC(C)(C)O)[C@H]1CC[C@H]2[C@@H]3C[C@H](O)[C@@H]4C[C@@H](O)[C@@H](O)C[C@]4(C)[C@H]3CC[C@]12C. The first-order chi connectivity index (χ1) is 14.8. The van der Waals surface area contributed by atoms with Gasteiger partial charge in [-0.05, 0) is 118 Å². The van der Waals surface area contributed by atoms with Crippen LogP contribution in [0.1, 0.15) is 92.4 Å². The zero-order valence-corrected chi connectivity index (χ0v) is 20.9. The number of hydrogen-bond donors (Lipinski definition) is 5.